The van der Waals surface area contributed by atoms with Gasteiger partial charge in [-0.3, -0.25) is 4.79 Å². The minimum Gasteiger partial charge on any atom is -0.342 e. The van der Waals surface area contributed by atoms with Gasteiger partial charge in [0.25, 0.3) is 0 Å². The maximum atomic E-state index is 12.0. The summed E-state index contributed by atoms with van der Waals surface area (Å²) in [7, 11) is 0. The molecule has 3 heteroatoms. The Balaban J connectivity index is 1.76. The molecule has 3 nitrogen and oxygen atoms in total. The first-order valence-electron chi connectivity index (χ1n) is 6.28. The van der Waals surface area contributed by atoms with Crippen LogP contribution in [0.5, 0.6) is 0 Å². The van der Waals surface area contributed by atoms with E-state index in [0.717, 1.165) is 38.5 Å². The molecule has 0 aromatic rings. The van der Waals surface area contributed by atoms with Crippen molar-refractivity contribution in [2.45, 2.75) is 32.6 Å². The Hall–Kier alpha value is -0.570. The van der Waals surface area contributed by atoms with Crippen LogP contribution in [0.3, 0.4) is 0 Å². The van der Waals surface area contributed by atoms with Gasteiger partial charge in [-0.05, 0) is 37.8 Å². The highest BCUT2D eigenvalue weighted by molar-refractivity contribution is 5.76. The largest absolute Gasteiger partial charge is 0.342 e. The van der Waals surface area contributed by atoms with Gasteiger partial charge < -0.3 is 10.2 Å². The highest BCUT2D eigenvalue weighted by Crippen LogP contribution is 2.21. The van der Waals surface area contributed by atoms with E-state index in [1.165, 1.54) is 19.3 Å². The molecule has 1 amide bonds. The SMILES string of the molecule is CCC1CCN(C(=O)CC2CCNC2)C1. The molecule has 2 atom stereocenters. The van der Waals surface area contributed by atoms with Gasteiger partial charge in [0.1, 0.15) is 0 Å². The summed E-state index contributed by atoms with van der Waals surface area (Å²) in [5, 5.41) is 3.32. The number of likely N-dealkylation sites (tertiary alicyclic amines) is 1. The van der Waals surface area contributed by atoms with E-state index in [4.69, 9.17) is 0 Å². The lowest BCUT2D eigenvalue weighted by Gasteiger charge is -2.18. The molecular weight excluding hydrogens is 188 g/mol. The first-order chi connectivity index (χ1) is 7.29. The first kappa shape index (κ1) is 10.9. The average Bonchev–Trinajstić information content (AvgIpc) is 2.86. The Kier molecular flexibility index (Phi) is 3.62. The van der Waals surface area contributed by atoms with Crippen molar-refractivity contribution >= 4 is 5.91 Å². The molecule has 2 unspecified atom stereocenters. The minimum atomic E-state index is 0.389. The average molecular weight is 210 g/mol. The van der Waals surface area contributed by atoms with Crippen molar-refractivity contribution in [1.29, 1.82) is 0 Å². The van der Waals surface area contributed by atoms with Crippen LogP contribution in [0.25, 0.3) is 0 Å². The van der Waals surface area contributed by atoms with E-state index in [2.05, 4.69) is 17.1 Å². The Morgan fingerprint density at radius 1 is 1.40 bits per heavy atom. The Morgan fingerprint density at radius 3 is 2.87 bits per heavy atom. The molecule has 0 saturated carbocycles. The topological polar surface area (TPSA) is 32.3 Å². The summed E-state index contributed by atoms with van der Waals surface area (Å²) in [6, 6.07) is 0. The highest BCUT2D eigenvalue weighted by Gasteiger charge is 2.27. The van der Waals surface area contributed by atoms with Gasteiger partial charge in [-0.1, -0.05) is 13.3 Å². The third kappa shape index (κ3) is 2.71. The molecule has 2 aliphatic heterocycles. The zero-order valence-electron chi connectivity index (χ0n) is 9.67. The summed E-state index contributed by atoms with van der Waals surface area (Å²) in [4.78, 5) is 14.0. The fourth-order valence-corrected chi connectivity index (χ4v) is 2.66. The molecule has 0 radical (unpaired) electrons. The molecule has 0 spiro atoms. The predicted molar refractivity (Wildman–Crippen MR) is 60.6 cm³/mol. The van der Waals surface area contributed by atoms with Crippen molar-refractivity contribution in [1.82, 2.24) is 10.2 Å². The third-order valence-electron chi connectivity index (χ3n) is 3.84. The zero-order chi connectivity index (χ0) is 10.7. The Bertz CT molecular complexity index is 224. The summed E-state index contributed by atoms with van der Waals surface area (Å²) in [5.41, 5.74) is 0. The van der Waals surface area contributed by atoms with Gasteiger partial charge in [0.15, 0.2) is 0 Å². The number of nitrogens with one attached hydrogen (secondary N) is 1. The monoisotopic (exact) mass is 210 g/mol. The highest BCUT2D eigenvalue weighted by atomic mass is 16.2. The number of nitrogens with zero attached hydrogens (tertiary/aromatic N) is 1. The van der Waals surface area contributed by atoms with Crippen molar-refractivity contribution in [3.05, 3.63) is 0 Å². The number of carbonyl (C=O) groups is 1. The van der Waals surface area contributed by atoms with Gasteiger partial charge in [0.2, 0.25) is 5.91 Å². The molecule has 0 aromatic heterocycles. The van der Waals surface area contributed by atoms with Crippen molar-refractivity contribution < 1.29 is 4.79 Å². The zero-order valence-corrected chi connectivity index (χ0v) is 9.67. The molecule has 86 valence electrons. The molecule has 0 bridgehead atoms. The molecule has 0 aromatic carbocycles. The van der Waals surface area contributed by atoms with Gasteiger partial charge in [0, 0.05) is 19.5 Å². The van der Waals surface area contributed by atoms with Gasteiger partial charge in [0.05, 0.1) is 0 Å². The molecule has 2 saturated heterocycles. The number of rotatable bonds is 3. The lowest BCUT2D eigenvalue weighted by molar-refractivity contribution is -0.131. The van der Waals surface area contributed by atoms with Crippen LogP contribution in [0.2, 0.25) is 0 Å². The molecule has 1 N–H and O–H groups in total. The Morgan fingerprint density at radius 2 is 2.27 bits per heavy atom. The van der Waals surface area contributed by atoms with Crippen LogP contribution in [0.1, 0.15) is 32.6 Å². The van der Waals surface area contributed by atoms with Crippen LogP contribution in [0.4, 0.5) is 0 Å². The lowest BCUT2D eigenvalue weighted by atomic mass is 10.0. The van der Waals surface area contributed by atoms with Crippen molar-refractivity contribution in [3.8, 4) is 0 Å². The second-order valence-corrected chi connectivity index (χ2v) is 4.97. The molecule has 2 heterocycles. The summed E-state index contributed by atoms with van der Waals surface area (Å²) in [6.45, 7) is 6.36. The maximum absolute atomic E-state index is 12.0. The first-order valence-corrected chi connectivity index (χ1v) is 6.28. The molecule has 2 fully saturated rings. The van der Waals surface area contributed by atoms with Crippen molar-refractivity contribution in [3.63, 3.8) is 0 Å². The number of hydrogen-bond donors (Lipinski definition) is 1. The summed E-state index contributed by atoms with van der Waals surface area (Å²) in [5.74, 6) is 1.74. The van der Waals surface area contributed by atoms with Crippen LogP contribution in [0, 0.1) is 11.8 Å². The van der Waals surface area contributed by atoms with E-state index in [1.807, 2.05) is 0 Å². The fourth-order valence-electron chi connectivity index (χ4n) is 2.66. The number of hydrogen-bond acceptors (Lipinski definition) is 2. The smallest absolute Gasteiger partial charge is 0.222 e. The second kappa shape index (κ2) is 4.97. The summed E-state index contributed by atoms with van der Waals surface area (Å²) >= 11 is 0. The van der Waals surface area contributed by atoms with E-state index in [-0.39, 0.29) is 0 Å². The van der Waals surface area contributed by atoms with Crippen LogP contribution >= 0.6 is 0 Å². The van der Waals surface area contributed by atoms with Crippen LogP contribution in [-0.4, -0.2) is 37.0 Å². The van der Waals surface area contributed by atoms with Crippen LogP contribution < -0.4 is 5.32 Å². The van der Waals surface area contributed by atoms with Gasteiger partial charge in [-0.25, -0.2) is 0 Å². The van der Waals surface area contributed by atoms with E-state index in [9.17, 15) is 4.79 Å². The molecule has 0 aliphatic carbocycles. The number of carbonyl (C=O) groups excluding carboxylic acids is 1. The normalized spacial score (nSPS) is 31.1. The predicted octanol–water partition coefficient (Wildman–Crippen LogP) is 1.24. The van der Waals surface area contributed by atoms with Gasteiger partial charge in [-0.15, -0.1) is 0 Å². The van der Waals surface area contributed by atoms with Crippen molar-refractivity contribution in [2.75, 3.05) is 26.2 Å². The van der Waals surface area contributed by atoms with E-state index in [1.54, 1.807) is 0 Å². The van der Waals surface area contributed by atoms with E-state index < -0.39 is 0 Å². The third-order valence-corrected chi connectivity index (χ3v) is 3.84. The summed E-state index contributed by atoms with van der Waals surface area (Å²) < 4.78 is 0. The molecular formula is C12H22N2O. The van der Waals surface area contributed by atoms with Crippen LogP contribution in [0.15, 0.2) is 0 Å². The lowest BCUT2D eigenvalue weighted by Crippen LogP contribution is -2.30. The van der Waals surface area contributed by atoms with Crippen LogP contribution in [-0.2, 0) is 4.79 Å². The molecule has 15 heavy (non-hydrogen) atoms. The Labute approximate surface area is 92.2 Å². The molecule has 2 rings (SSSR count). The van der Waals surface area contributed by atoms with E-state index >= 15 is 0 Å². The van der Waals surface area contributed by atoms with Crippen molar-refractivity contribution in [2.24, 2.45) is 11.8 Å². The summed E-state index contributed by atoms with van der Waals surface area (Å²) in [6.07, 6.45) is 4.38. The fraction of sp³-hybridized carbons (Fsp3) is 0.917. The van der Waals surface area contributed by atoms with Gasteiger partial charge >= 0.3 is 0 Å². The maximum Gasteiger partial charge on any atom is 0.222 e. The molecule has 2 aliphatic rings. The second-order valence-electron chi connectivity index (χ2n) is 4.97. The quantitative estimate of drug-likeness (QED) is 0.760. The number of amides is 1. The van der Waals surface area contributed by atoms with Gasteiger partial charge in [-0.2, -0.15) is 0 Å². The van der Waals surface area contributed by atoms with E-state index in [0.29, 0.717) is 11.8 Å². The minimum absolute atomic E-state index is 0.389. The standard InChI is InChI=1S/C12H22N2O/c1-2-10-4-6-14(9-10)12(15)7-11-3-5-13-8-11/h10-11,13H,2-9H2,1H3.